The van der Waals surface area contributed by atoms with Crippen LogP contribution in [0.2, 0.25) is 0 Å². The van der Waals surface area contributed by atoms with Gasteiger partial charge in [0.05, 0.1) is 25.4 Å². The molecule has 0 aliphatic carbocycles. The van der Waals surface area contributed by atoms with Crippen LogP contribution in [0.25, 0.3) is 0 Å². The highest BCUT2D eigenvalue weighted by atomic mass is 16.7. The monoisotopic (exact) mass is 990 g/mol. The number of aliphatic hydroxyl groups excluding tert-OH is 5. The van der Waals surface area contributed by atoms with Crippen molar-refractivity contribution in [3.8, 4) is 0 Å². The molecule has 9 heteroatoms. The molecule has 1 aliphatic heterocycles. The number of ether oxygens (including phenoxy) is 2. The number of hydrogen-bond donors (Lipinski definition) is 6. The van der Waals surface area contributed by atoms with Gasteiger partial charge in [0, 0.05) is 6.42 Å². The summed E-state index contributed by atoms with van der Waals surface area (Å²) in [7, 11) is 0. The summed E-state index contributed by atoms with van der Waals surface area (Å²) in [4.78, 5) is 13.1. The van der Waals surface area contributed by atoms with E-state index in [1.807, 2.05) is 6.08 Å². The first-order chi connectivity index (χ1) is 34.3. The molecule has 0 aromatic heterocycles. The van der Waals surface area contributed by atoms with Gasteiger partial charge in [0.2, 0.25) is 5.91 Å². The van der Waals surface area contributed by atoms with Crippen molar-refractivity contribution in [2.75, 3.05) is 13.2 Å². The lowest BCUT2D eigenvalue weighted by atomic mass is 9.99. The van der Waals surface area contributed by atoms with E-state index >= 15 is 0 Å². The van der Waals surface area contributed by atoms with E-state index < -0.39 is 49.5 Å². The minimum absolute atomic E-state index is 0.186. The van der Waals surface area contributed by atoms with E-state index in [-0.39, 0.29) is 12.5 Å². The summed E-state index contributed by atoms with van der Waals surface area (Å²) in [5.74, 6) is -0.186. The third kappa shape index (κ3) is 39.9. The fourth-order valence-corrected chi connectivity index (χ4v) is 9.66. The number of amides is 1. The molecular formula is C61H115NO8. The second kappa shape index (κ2) is 50.9. The molecule has 0 aromatic carbocycles. The molecule has 0 aromatic rings. The molecule has 1 amide bonds. The Balaban J connectivity index is 2.16. The molecule has 1 saturated heterocycles. The van der Waals surface area contributed by atoms with Crippen molar-refractivity contribution in [1.29, 1.82) is 0 Å². The van der Waals surface area contributed by atoms with Crippen molar-refractivity contribution >= 4 is 5.91 Å². The molecule has 0 saturated carbocycles. The molecule has 7 unspecified atom stereocenters. The minimum Gasteiger partial charge on any atom is -0.394 e. The molecule has 1 heterocycles. The predicted molar refractivity (Wildman–Crippen MR) is 295 cm³/mol. The van der Waals surface area contributed by atoms with Crippen molar-refractivity contribution in [2.24, 2.45) is 0 Å². The molecule has 9 nitrogen and oxygen atoms in total. The molecular weight excluding hydrogens is 875 g/mol. The minimum atomic E-state index is -1.57. The van der Waals surface area contributed by atoms with Crippen molar-refractivity contribution in [3.05, 3.63) is 36.5 Å². The Labute approximate surface area is 431 Å². The quantitative estimate of drug-likeness (QED) is 0.0261. The summed E-state index contributed by atoms with van der Waals surface area (Å²) in [6.45, 7) is 3.78. The number of hydrogen-bond acceptors (Lipinski definition) is 8. The van der Waals surface area contributed by atoms with Gasteiger partial charge in [-0.2, -0.15) is 0 Å². The Morgan fingerprint density at radius 3 is 1.20 bits per heavy atom. The van der Waals surface area contributed by atoms with Crippen LogP contribution in [0.4, 0.5) is 0 Å². The number of unbranched alkanes of at least 4 members (excludes halogenated alkanes) is 38. The maximum Gasteiger partial charge on any atom is 0.220 e. The zero-order valence-electron chi connectivity index (χ0n) is 45.8. The van der Waals surface area contributed by atoms with Crippen molar-refractivity contribution in [1.82, 2.24) is 5.32 Å². The molecule has 412 valence electrons. The number of nitrogens with one attached hydrogen (secondary N) is 1. The average molecular weight is 991 g/mol. The molecule has 6 N–H and O–H groups in total. The number of allylic oxidation sites excluding steroid dienone is 5. The third-order valence-corrected chi connectivity index (χ3v) is 14.4. The van der Waals surface area contributed by atoms with E-state index in [9.17, 15) is 30.3 Å². The van der Waals surface area contributed by atoms with Gasteiger partial charge in [-0.05, 0) is 44.9 Å². The number of carbonyl (C=O) groups is 1. The van der Waals surface area contributed by atoms with E-state index in [2.05, 4.69) is 43.5 Å². The molecule has 0 radical (unpaired) electrons. The predicted octanol–water partition coefficient (Wildman–Crippen LogP) is 15.1. The zero-order chi connectivity index (χ0) is 50.8. The maximum absolute atomic E-state index is 13.1. The summed E-state index contributed by atoms with van der Waals surface area (Å²) >= 11 is 0. The first kappa shape index (κ1) is 66.4. The van der Waals surface area contributed by atoms with Gasteiger partial charge in [-0.25, -0.2) is 0 Å². The van der Waals surface area contributed by atoms with Crippen molar-refractivity contribution < 1.29 is 39.8 Å². The largest absolute Gasteiger partial charge is 0.394 e. The number of aliphatic hydroxyl groups is 5. The van der Waals surface area contributed by atoms with E-state index in [1.54, 1.807) is 6.08 Å². The Morgan fingerprint density at radius 2 is 0.814 bits per heavy atom. The van der Waals surface area contributed by atoms with Gasteiger partial charge in [-0.1, -0.05) is 275 Å². The van der Waals surface area contributed by atoms with Crippen LogP contribution in [0.15, 0.2) is 36.5 Å². The Morgan fingerprint density at radius 1 is 0.471 bits per heavy atom. The first-order valence-corrected chi connectivity index (χ1v) is 30.2. The van der Waals surface area contributed by atoms with Crippen LogP contribution < -0.4 is 5.32 Å². The van der Waals surface area contributed by atoms with E-state index in [0.29, 0.717) is 6.42 Å². The van der Waals surface area contributed by atoms with Gasteiger partial charge in [0.1, 0.15) is 24.4 Å². The van der Waals surface area contributed by atoms with Crippen LogP contribution in [-0.2, 0) is 14.3 Å². The molecule has 7 atom stereocenters. The molecule has 1 fully saturated rings. The van der Waals surface area contributed by atoms with Gasteiger partial charge in [-0.3, -0.25) is 4.79 Å². The molecule has 0 bridgehead atoms. The van der Waals surface area contributed by atoms with Crippen LogP contribution in [0, 0.1) is 0 Å². The fraction of sp³-hybridized carbons (Fsp3) is 0.885. The maximum atomic E-state index is 13.1. The zero-order valence-corrected chi connectivity index (χ0v) is 45.8. The Kier molecular flexibility index (Phi) is 48.3. The topological polar surface area (TPSA) is 149 Å². The highest BCUT2D eigenvalue weighted by Gasteiger charge is 2.44. The molecule has 0 spiro atoms. The second-order valence-electron chi connectivity index (χ2n) is 21.1. The molecule has 70 heavy (non-hydrogen) atoms. The fourth-order valence-electron chi connectivity index (χ4n) is 9.66. The van der Waals surface area contributed by atoms with Crippen LogP contribution >= 0.6 is 0 Å². The van der Waals surface area contributed by atoms with Crippen LogP contribution in [0.5, 0.6) is 0 Å². The number of rotatable bonds is 52. The molecule has 1 aliphatic rings. The smallest absolute Gasteiger partial charge is 0.220 e. The van der Waals surface area contributed by atoms with Crippen LogP contribution in [0.1, 0.15) is 290 Å². The molecule has 1 rings (SSSR count). The third-order valence-electron chi connectivity index (χ3n) is 14.4. The second-order valence-corrected chi connectivity index (χ2v) is 21.1. The summed E-state index contributed by atoms with van der Waals surface area (Å²) in [5, 5.41) is 54.5. The normalized spacial score (nSPS) is 19.6. The van der Waals surface area contributed by atoms with Crippen LogP contribution in [0.3, 0.4) is 0 Å². The Bertz CT molecular complexity index is 1190. The van der Waals surface area contributed by atoms with Crippen LogP contribution in [-0.4, -0.2) is 87.5 Å². The van der Waals surface area contributed by atoms with Gasteiger partial charge in [0.25, 0.3) is 0 Å². The number of carbonyl (C=O) groups excluding carboxylic acids is 1. The SMILES string of the molecule is CCCCCCCCC/C=C/CC/C=C/CC/C=C/C(O)C(COC1OC(CO)C(O)C(O)C1O)NC(=O)CCCCCCCCCCCCCCCCCCCCCCCCCCCCCCCC. The Hall–Kier alpha value is -1.59. The summed E-state index contributed by atoms with van der Waals surface area (Å²) in [6, 6.07) is -0.826. The van der Waals surface area contributed by atoms with E-state index in [4.69, 9.17) is 9.47 Å². The van der Waals surface area contributed by atoms with Gasteiger partial charge in [-0.15, -0.1) is 0 Å². The standard InChI is InChI=1S/C61H115NO8/c1-3-5-7-9-11-13-15-17-19-21-22-23-24-25-26-27-28-29-30-31-32-33-35-37-39-41-43-45-47-49-51-57(65)62-54(53-69-61-60(68)59(67)58(66)56(52-63)70-61)55(64)50-48-46-44-42-40-38-36-34-20-18-16-14-12-10-8-6-4-2/h20,34,40,42,48,50,54-56,58-61,63-64,66-68H,3-19,21-33,35-39,41,43-47,49,51-53H2,1-2H3,(H,62,65)/b34-20+,42-40+,50-48+. The summed E-state index contributed by atoms with van der Waals surface area (Å²) in [5.41, 5.74) is 0. The lowest BCUT2D eigenvalue weighted by molar-refractivity contribution is -0.302. The lowest BCUT2D eigenvalue weighted by Gasteiger charge is -2.40. The van der Waals surface area contributed by atoms with E-state index in [0.717, 1.165) is 44.9 Å². The van der Waals surface area contributed by atoms with Gasteiger partial charge in [0.15, 0.2) is 6.29 Å². The summed E-state index contributed by atoms with van der Waals surface area (Å²) < 4.78 is 11.3. The average Bonchev–Trinajstić information content (AvgIpc) is 3.36. The highest BCUT2D eigenvalue weighted by molar-refractivity contribution is 5.76. The van der Waals surface area contributed by atoms with E-state index in [1.165, 1.54) is 225 Å². The van der Waals surface area contributed by atoms with Crippen molar-refractivity contribution in [3.63, 3.8) is 0 Å². The lowest BCUT2D eigenvalue weighted by Crippen LogP contribution is -2.60. The summed E-state index contributed by atoms with van der Waals surface area (Å²) in [6.07, 6.45) is 59.5. The van der Waals surface area contributed by atoms with Crippen molar-refractivity contribution in [2.45, 2.75) is 333 Å². The highest BCUT2D eigenvalue weighted by Crippen LogP contribution is 2.23. The van der Waals surface area contributed by atoms with Gasteiger partial charge < -0.3 is 40.3 Å². The first-order valence-electron chi connectivity index (χ1n) is 30.2. The van der Waals surface area contributed by atoms with Gasteiger partial charge >= 0.3 is 0 Å².